The number of nitrogens with zero attached hydrogens (tertiary/aromatic N) is 2. The van der Waals surface area contributed by atoms with Gasteiger partial charge in [0.25, 0.3) is 0 Å². The van der Waals surface area contributed by atoms with Gasteiger partial charge in [-0.25, -0.2) is 0 Å². The van der Waals surface area contributed by atoms with Gasteiger partial charge in [0.2, 0.25) is 0 Å². The molecule has 0 spiro atoms. The molecule has 0 amide bonds. The van der Waals surface area contributed by atoms with Gasteiger partial charge in [-0.3, -0.25) is 0 Å². The standard InChI is InChI=1S/C13H20N2OS/c1-5-7-10-12(17-15-14-10)11(16)8-6-9-13(2,3)4/h11,16H,5,7-8H2,1-4H3. The lowest BCUT2D eigenvalue weighted by atomic mass is 9.97. The van der Waals surface area contributed by atoms with E-state index in [0.717, 1.165) is 23.4 Å². The number of hydrogen-bond donors (Lipinski definition) is 1. The van der Waals surface area contributed by atoms with Crippen LogP contribution in [0.3, 0.4) is 0 Å². The maximum absolute atomic E-state index is 10.0. The van der Waals surface area contributed by atoms with Crippen LogP contribution in [0.15, 0.2) is 0 Å². The summed E-state index contributed by atoms with van der Waals surface area (Å²) >= 11 is 1.28. The Kier molecular flexibility index (Phi) is 5.10. The normalized spacial score (nSPS) is 13.0. The van der Waals surface area contributed by atoms with Gasteiger partial charge in [0, 0.05) is 11.8 Å². The Morgan fingerprint density at radius 3 is 2.71 bits per heavy atom. The minimum Gasteiger partial charge on any atom is -0.386 e. The van der Waals surface area contributed by atoms with Crippen LogP contribution < -0.4 is 0 Å². The third-order valence-corrected chi connectivity index (χ3v) is 3.00. The van der Waals surface area contributed by atoms with Gasteiger partial charge in [-0.2, -0.15) is 0 Å². The van der Waals surface area contributed by atoms with Crippen molar-refractivity contribution in [2.45, 2.75) is 53.1 Å². The van der Waals surface area contributed by atoms with E-state index in [1.165, 1.54) is 11.5 Å². The number of rotatable bonds is 4. The minimum atomic E-state index is -0.550. The largest absolute Gasteiger partial charge is 0.386 e. The van der Waals surface area contributed by atoms with E-state index in [0.29, 0.717) is 6.42 Å². The molecule has 4 heteroatoms. The summed E-state index contributed by atoms with van der Waals surface area (Å²) in [5.74, 6) is 6.15. The van der Waals surface area contributed by atoms with E-state index in [1.807, 2.05) is 0 Å². The average Bonchev–Trinajstić information content (AvgIpc) is 2.64. The molecule has 0 aromatic carbocycles. The van der Waals surface area contributed by atoms with Crippen molar-refractivity contribution in [3.05, 3.63) is 10.6 Å². The van der Waals surface area contributed by atoms with Crippen LogP contribution in [-0.4, -0.2) is 14.7 Å². The fraction of sp³-hybridized carbons (Fsp3) is 0.692. The highest BCUT2D eigenvalue weighted by Crippen LogP contribution is 2.24. The summed E-state index contributed by atoms with van der Waals surface area (Å²) in [6, 6.07) is 0. The Morgan fingerprint density at radius 2 is 2.12 bits per heavy atom. The zero-order chi connectivity index (χ0) is 12.9. The summed E-state index contributed by atoms with van der Waals surface area (Å²) in [5, 5.41) is 14.1. The SMILES string of the molecule is CCCc1nnsc1C(O)CC#CC(C)(C)C. The predicted molar refractivity (Wildman–Crippen MR) is 70.7 cm³/mol. The van der Waals surface area contributed by atoms with Crippen LogP contribution in [0.25, 0.3) is 0 Å². The highest BCUT2D eigenvalue weighted by molar-refractivity contribution is 7.05. The molecule has 1 atom stereocenters. The molecule has 1 N–H and O–H groups in total. The highest BCUT2D eigenvalue weighted by Gasteiger charge is 2.15. The van der Waals surface area contributed by atoms with Crippen LogP contribution >= 0.6 is 11.5 Å². The van der Waals surface area contributed by atoms with Gasteiger partial charge in [0.05, 0.1) is 10.6 Å². The molecule has 1 aromatic heterocycles. The number of aryl methyl sites for hydroxylation is 1. The maximum atomic E-state index is 10.0. The van der Waals surface area contributed by atoms with Crippen LogP contribution in [0.2, 0.25) is 0 Å². The third-order valence-electron chi connectivity index (χ3n) is 2.13. The topological polar surface area (TPSA) is 46.0 Å². The van der Waals surface area contributed by atoms with Gasteiger partial charge in [0.1, 0.15) is 6.10 Å². The molecule has 0 saturated carbocycles. The molecular formula is C13H20N2OS. The van der Waals surface area contributed by atoms with E-state index >= 15 is 0 Å². The van der Waals surface area contributed by atoms with Crippen LogP contribution in [0.4, 0.5) is 0 Å². The van der Waals surface area contributed by atoms with Gasteiger partial charge in [-0.15, -0.1) is 5.10 Å². The molecule has 1 heterocycles. The maximum Gasteiger partial charge on any atom is 0.103 e. The smallest absolute Gasteiger partial charge is 0.103 e. The summed E-state index contributed by atoms with van der Waals surface area (Å²) in [6.45, 7) is 8.27. The summed E-state index contributed by atoms with van der Waals surface area (Å²) in [5.41, 5.74) is 0.903. The average molecular weight is 252 g/mol. The molecule has 0 radical (unpaired) electrons. The van der Waals surface area contributed by atoms with Crippen molar-refractivity contribution < 1.29 is 5.11 Å². The van der Waals surface area contributed by atoms with Crippen molar-refractivity contribution in [3.63, 3.8) is 0 Å². The summed E-state index contributed by atoms with van der Waals surface area (Å²) in [4.78, 5) is 0.870. The van der Waals surface area contributed by atoms with E-state index in [9.17, 15) is 5.11 Å². The monoisotopic (exact) mass is 252 g/mol. The highest BCUT2D eigenvalue weighted by atomic mass is 32.1. The molecule has 0 aliphatic carbocycles. The summed E-state index contributed by atoms with van der Waals surface area (Å²) in [7, 11) is 0. The molecule has 1 rings (SSSR count). The quantitative estimate of drug-likeness (QED) is 0.838. The Balaban J connectivity index is 2.65. The molecule has 1 unspecified atom stereocenters. The number of aromatic nitrogens is 2. The van der Waals surface area contributed by atoms with Crippen LogP contribution in [-0.2, 0) is 6.42 Å². The van der Waals surface area contributed by atoms with Crippen molar-refractivity contribution in [1.82, 2.24) is 9.59 Å². The van der Waals surface area contributed by atoms with E-state index < -0.39 is 6.10 Å². The Hall–Kier alpha value is -0.920. The van der Waals surface area contributed by atoms with Crippen molar-refractivity contribution in [1.29, 1.82) is 0 Å². The third kappa shape index (κ3) is 4.84. The second-order valence-electron chi connectivity index (χ2n) is 5.11. The Bertz CT molecular complexity index is 409. The van der Waals surface area contributed by atoms with E-state index in [4.69, 9.17) is 0 Å². The van der Waals surface area contributed by atoms with Crippen LogP contribution in [0.1, 0.15) is 57.2 Å². The van der Waals surface area contributed by atoms with Crippen LogP contribution in [0, 0.1) is 17.3 Å². The predicted octanol–water partition coefficient (Wildman–Crippen LogP) is 2.96. The summed E-state index contributed by atoms with van der Waals surface area (Å²) < 4.78 is 3.90. The number of hydrogen-bond acceptors (Lipinski definition) is 4. The molecule has 3 nitrogen and oxygen atoms in total. The first-order valence-electron chi connectivity index (χ1n) is 5.93. The first-order chi connectivity index (χ1) is 7.94. The lowest BCUT2D eigenvalue weighted by Gasteiger charge is -2.08. The zero-order valence-corrected chi connectivity index (χ0v) is 11.8. The van der Waals surface area contributed by atoms with Gasteiger partial charge in [-0.1, -0.05) is 29.7 Å². The fourth-order valence-electron chi connectivity index (χ4n) is 1.38. The van der Waals surface area contributed by atoms with Crippen molar-refractivity contribution in [2.75, 3.05) is 0 Å². The molecule has 0 saturated heterocycles. The molecule has 94 valence electrons. The lowest BCUT2D eigenvalue weighted by Crippen LogP contribution is -2.01. The van der Waals surface area contributed by atoms with Crippen molar-refractivity contribution in [2.24, 2.45) is 5.41 Å². The Morgan fingerprint density at radius 1 is 1.41 bits per heavy atom. The fourth-order valence-corrected chi connectivity index (χ4v) is 2.06. The molecule has 1 aromatic rings. The number of aliphatic hydroxyl groups is 1. The summed E-state index contributed by atoms with van der Waals surface area (Å²) in [6.07, 6.45) is 1.79. The van der Waals surface area contributed by atoms with Crippen LogP contribution in [0.5, 0.6) is 0 Å². The molecule has 0 aliphatic heterocycles. The lowest BCUT2D eigenvalue weighted by molar-refractivity contribution is 0.186. The van der Waals surface area contributed by atoms with Crippen molar-refractivity contribution in [3.8, 4) is 11.8 Å². The molecule has 0 aliphatic rings. The minimum absolute atomic E-state index is 0.0160. The number of aliphatic hydroxyl groups excluding tert-OH is 1. The van der Waals surface area contributed by atoms with E-state index in [2.05, 4.69) is 49.1 Å². The zero-order valence-electron chi connectivity index (χ0n) is 10.9. The molecule has 0 bridgehead atoms. The van der Waals surface area contributed by atoms with Crippen molar-refractivity contribution >= 4 is 11.5 Å². The first kappa shape index (κ1) is 14.1. The molecule has 17 heavy (non-hydrogen) atoms. The molecule has 0 fully saturated rings. The second-order valence-corrected chi connectivity index (χ2v) is 5.89. The Labute approximate surface area is 107 Å². The van der Waals surface area contributed by atoms with Gasteiger partial charge in [0.15, 0.2) is 0 Å². The van der Waals surface area contributed by atoms with E-state index in [-0.39, 0.29) is 5.41 Å². The van der Waals surface area contributed by atoms with E-state index in [1.54, 1.807) is 0 Å². The van der Waals surface area contributed by atoms with Gasteiger partial charge < -0.3 is 5.11 Å². The van der Waals surface area contributed by atoms with Gasteiger partial charge in [-0.05, 0) is 38.7 Å². The molecular weight excluding hydrogens is 232 g/mol. The first-order valence-corrected chi connectivity index (χ1v) is 6.70. The van der Waals surface area contributed by atoms with Gasteiger partial charge >= 0.3 is 0 Å². The second kappa shape index (κ2) is 6.13.